The van der Waals surface area contributed by atoms with Crippen LogP contribution in [0.4, 0.5) is 4.79 Å². The highest BCUT2D eigenvalue weighted by Crippen LogP contribution is 2.19. The first-order chi connectivity index (χ1) is 10.2. The molecule has 1 N–H and O–H groups in total. The number of alkyl carbamates (subject to hydrolysis) is 1. The first-order valence-electron chi connectivity index (χ1n) is 7.46. The van der Waals surface area contributed by atoms with Crippen LogP contribution in [-0.4, -0.2) is 48.7 Å². The standard InChI is InChI=1S/C14H25N5O3/c1-10(6-16-13(21)22-14(2,3)4)8-19-9-11(5-12(19)20)7-17-18-15/h10-11H,5-9H2,1-4H3,(H,16,21). The van der Waals surface area contributed by atoms with Crippen molar-refractivity contribution >= 4 is 12.0 Å². The van der Waals surface area contributed by atoms with Crippen LogP contribution in [0.2, 0.25) is 0 Å². The SMILES string of the molecule is CC(CNC(=O)OC(C)(C)C)CN1CC(CN=[N+]=[N-])CC1=O. The molecule has 1 rings (SSSR count). The first kappa shape index (κ1) is 18.1. The molecule has 1 aliphatic rings. The Hall–Kier alpha value is -1.95. The van der Waals surface area contributed by atoms with E-state index in [1.54, 1.807) is 4.90 Å². The molecule has 2 atom stereocenters. The minimum Gasteiger partial charge on any atom is -0.444 e. The molecule has 22 heavy (non-hydrogen) atoms. The minimum atomic E-state index is -0.521. The lowest BCUT2D eigenvalue weighted by Crippen LogP contribution is -2.38. The molecule has 1 heterocycles. The molecular formula is C14H25N5O3. The van der Waals surface area contributed by atoms with Gasteiger partial charge < -0.3 is 15.0 Å². The molecule has 2 amide bonds. The lowest BCUT2D eigenvalue weighted by Gasteiger charge is -2.23. The highest BCUT2D eigenvalue weighted by Gasteiger charge is 2.29. The lowest BCUT2D eigenvalue weighted by molar-refractivity contribution is -0.128. The summed E-state index contributed by atoms with van der Waals surface area (Å²) in [6.07, 6.45) is -0.0288. The fourth-order valence-corrected chi connectivity index (χ4v) is 2.32. The van der Waals surface area contributed by atoms with Gasteiger partial charge in [-0.2, -0.15) is 0 Å². The van der Waals surface area contributed by atoms with E-state index >= 15 is 0 Å². The van der Waals surface area contributed by atoms with Gasteiger partial charge in [-0.05, 0) is 38.1 Å². The Kier molecular flexibility index (Phi) is 6.49. The summed E-state index contributed by atoms with van der Waals surface area (Å²) < 4.78 is 5.16. The summed E-state index contributed by atoms with van der Waals surface area (Å²) in [5.74, 6) is 0.284. The second kappa shape index (κ2) is 7.89. The summed E-state index contributed by atoms with van der Waals surface area (Å²) in [6, 6.07) is 0. The van der Waals surface area contributed by atoms with E-state index in [1.165, 1.54) is 0 Å². The van der Waals surface area contributed by atoms with Crippen LogP contribution in [0.1, 0.15) is 34.1 Å². The van der Waals surface area contributed by atoms with Gasteiger partial charge >= 0.3 is 6.09 Å². The second-order valence-electron chi connectivity index (χ2n) is 6.77. The average Bonchev–Trinajstić information content (AvgIpc) is 2.72. The van der Waals surface area contributed by atoms with Crippen LogP contribution < -0.4 is 5.32 Å². The summed E-state index contributed by atoms with van der Waals surface area (Å²) in [4.78, 5) is 27.9. The molecule has 0 aromatic carbocycles. The zero-order valence-corrected chi connectivity index (χ0v) is 13.7. The van der Waals surface area contributed by atoms with Gasteiger partial charge in [-0.1, -0.05) is 12.0 Å². The molecular weight excluding hydrogens is 286 g/mol. The number of carbonyl (C=O) groups is 2. The van der Waals surface area contributed by atoms with Crippen molar-refractivity contribution in [2.45, 2.75) is 39.7 Å². The molecule has 0 aromatic heterocycles. The van der Waals surface area contributed by atoms with Crippen LogP contribution in [0.15, 0.2) is 5.11 Å². The van der Waals surface area contributed by atoms with Gasteiger partial charge in [0.15, 0.2) is 0 Å². The van der Waals surface area contributed by atoms with E-state index < -0.39 is 11.7 Å². The normalized spacial score (nSPS) is 19.5. The van der Waals surface area contributed by atoms with Gasteiger partial charge in [0, 0.05) is 37.5 Å². The maximum atomic E-state index is 11.9. The van der Waals surface area contributed by atoms with Crippen molar-refractivity contribution in [3.8, 4) is 0 Å². The fourth-order valence-electron chi connectivity index (χ4n) is 2.32. The van der Waals surface area contributed by atoms with Gasteiger partial charge in [0.25, 0.3) is 0 Å². The molecule has 0 spiro atoms. The third kappa shape index (κ3) is 6.67. The van der Waals surface area contributed by atoms with E-state index in [2.05, 4.69) is 15.3 Å². The maximum Gasteiger partial charge on any atom is 0.407 e. The third-order valence-electron chi connectivity index (χ3n) is 3.22. The molecule has 0 aliphatic carbocycles. The van der Waals surface area contributed by atoms with Crippen molar-refractivity contribution in [1.29, 1.82) is 0 Å². The van der Waals surface area contributed by atoms with Gasteiger partial charge in [-0.3, -0.25) is 4.79 Å². The van der Waals surface area contributed by atoms with E-state index in [9.17, 15) is 9.59 Å². The van der Waals surface area contributed by atoms with Crippen molar-refractivity contribution in [1.82, 2.24) is 10.2 Å². The molecule has 0 saturated carbocycles. The van der Waals surface area contributed by atoms with E-state index in [0.717, 1.165) is 0 Å². The number of amides is 2. The van der Waals surface area contributed by atoms with Gasteiger partial charge in [-0.25, -0.2) is 4.79 Å². The van der Waals surface area contributed by atoms with Crippen LogP contribution in [0, 0.1) is 11.8 Å². The second-order valence-corrected chi connectivity index (χ2v) is 6.77. The van der Waals surface area contributed by atoms with Crippen molar-refractivity contribution in [2.24, 2.45) is 17.0 Å². The quantitative estimate of drug-likeness (QED) is 0.462. The lowest BCUT2D eigenvalue weighted by atomic mass is 10.1. The molecule has 124 valence electrons. The first-order valence-corrected chi connectivity index (χ1v) is 7.46. The molecule has 1 saturated heterocycles. The molecule has 8 nitrogen and oxygen atoms in total. The van der Waals surface area contributed by atoms with Crippen LogP contribution in [0.5, 0.6) is 0 Å². The Balaban J connectivity index is 2.33. The average molecular weight is 311 g/mol. The van der Waals surface area contributed by atoms with Crippen LogP contribution in [0.3, 0.4) is 0 Å². The van der Waals surface area contributed by atoms with E-state index in [-0.39, 0.29) is 17.7 Å². The number of carbonyl (C=O) groups excluding carboxylic acids is 2. The Morgan fingerprint density at radius 1 is 1.59 bits per heavy atom. The number of nitrogens with zero attached hydrogens (tertiary/aromatic N) is 4. The van der Waals surface area contributed by atoms with Crippen LogP contribution in [0.25, 0.3) is 10.4 Å². The molecule has 8 heteroatoms. The number of ether oxygens (including phenoxy) is 1. The number of hydrogen-bond acceptors (Lipinski definition) is 4. The van der Waals surface area contributed by atoms with Crippen molar-refractivity contribution in [3.63, 3.8) is 0 Å². The monoisotopic (exact) mass is 311 g/mol. The molecule has 0 radical (unpaired) electrons. The van der Waals surface area contributed by atoms with Crippen LogP contribution >= 0.6 is 0 Å². The zero-order chi connectivity index (χ0) is 16.8. The minimum absolute atomic E-state index is 0.0715. The summed E-state index contributed by atoms with van der Waals surface area (Å²) in [5.41, 5.74) is 7.79. The Labute approximate surface area is 130 Å². The molecule has 0 aromatic rings. The summed E-state index contributed by atoms with van der Waals surface area (Å²) in [5, 5.41) is 6.23. The third-order valence-corrected chi connectivity index (χ3v) is 3.22. The van der Waals surface area contributed by atoms with Gasteiger partial charge in [0.2, 0.25) is 5.91 Å². The Morgan fingerprint density at radius 3 is 2.86 bits per heavy atom. The van der Waals surface area contributed by atoms with Crippen LogP contribution in [-0.2, 0) is 9.53 Å². The molecule has 1 aliphatic heterocycles. The predicted octanol–water partition coefficient (Wildman–Crippen LogP) is 2.31. The molecule has 0 bridgehead atoms. The number of likely N-dealkylation sites (tertiary alicyclic amines) is 1. The van der Waals surface area contributed by atoms with E-state index in [1.807, 2.05) is 27.7 Å². The zero-order valence-electron chi connectivity index (χ0n) is 13.7. The number of nitrogens with one attached hydrogen (secondary N) is 1. The summed E-state index contributed by atoms with van der Waals surface area (Å²) in [7, 11) is 0. The largest absolute Gasteiger partial charge is 0.444 e. The highest BCUT2D eigenvalue weighted by molar-refractivity contribution is 5.78. The predicted molar refractivity (Wildman–Crippen MR) is 82.1 cm³/mol. The maximum absolute atomic E-state index is 11.9. The van der Waals surface area contributed by atoms with E-state index in [4.69, 9.17) is 10.3 Å². The summed E-state index contributed by atoms with van der Waals surface area (Å²) >= 11 is 0. The van der Waals surface area contributed by atoms with Crippen molar-refractivity contribution < 1.29 is 14.3 Å². The smallest absolute Gasteiger partial charge is 0.407 e. The highest BCUT2D eigenvalue weighted by atomic mass is 16.6. The van der Waals surface area contributed by atoms with Gasteiger partial charge in [0.1, 0.15) is 5.60 Å². The van der Waals surface area contributed by atoms with Gasteiger partial charge in [-0.15, -0.1) is 0 Å². The Bertz CT molecular complexity index is 454. The molecule has 1 fully saturated rings. The number of azide groups is 1. The number of hydrogen-bond donors (Lipinski definition) is 1. The number of rotatable bonds is 6. The Morgan fingerprint density at radius 2 is 2.27 bits per heavy atom. The summed E-state index contributed by atoms with van der Waals surface area (Å²) in [6.45, 7) is 9.36. The van der Waals surface area contributed by atoms with Crippen molar-refractivity contribution in [2.75, 3.05) is 26.2 Å². The topological polar surface area (TPSA) is 107 Å². The molecule has 2 unspecified atom stereocenters. The van der Waals surface area contributed by atoms with Crippen molar-refractivity contribution in [3.05, 3.63) is 10.4 Å². The fraction of sp³-hybridized carbons (Fsp3) is 0.857. The van der Waals surface area contributed by atoms with E-state index in [0.29, 0.717) is 32.6 Å². The van der Waals surface area contributed by atoms with Gasteiger partial charge in [0.05, 0.1) is 0 Å².